The number of carboxylic acids is 1. The number of pyridine rings is 1. The highest BCUT2D eigenvalue weighted by Crippen LogP contribution is 2.30. The molecule has 122 valence electrons. The monoisotopic (exact) mass is 386 g/mol. The van der Waals surface area contributed by atoms with E-state index in [9.17, 15) is 4.79 Å². The molecule has 0 amide bonds. The zero-order valence-electron chi connectivity index (χ0n) is 12.6. The molecule has 6 heteroatoms. The topological polar surface area (TPSA) is 85.4 Å². The van der Waals surface area contributed by atoms with Gasteiger partial charge < -0.3 is 15.6 Å². The Labute approximate surface area is 147 Å². The van der Waals surface area contributed by atoms with Gasteiger partial charge in [0.05, 0.1) is 0 Å². The molecular formula is C18H15BrN2O3. The Morgan fingerprint density at radius 2 is 1.96 bits per heavy atom. The second-order valence-electron chi connectivity index (χ2n) is 5.38. The average molecular weight is 387 g/mol. The molecule has 24 heavy (non-hydrogen) atoms. The maximum atomic E-state index is 10.8. The molecule has 0 unspecified atom stereocenters. The Bertz CT molecular complexity index is 881. The van der Waals surface area contributed by atoms with Crippen LogP contribution in [0.15, 0.2) is 59.2 Å². The van der Waals surface area contributed by atoms with Crippen LogP contribution < -0.4 is 10.5 Å². The highest BCUT2D eigenvalue weighted by atomic mass is 79.9. The van der Waals surface area contributed by atoms with Crippen LogP contribution in [0.5, 0.6) is 11.6 Å². The highest BCUT2D eigenvalue weighted by Gasteiger charge is 2.12. The second kappa shape index (κ2) is 6.98. The van der Waals surface area contributed by atoms with Crippen molar-refractivity contribution in [1.82, 2.24) is 4.98 Å². The molecule has 1 aromatic heterocycles. The first-order chi connectivity index (χ1) is 11.5. The molecule has 0 fully saturated rings. The van der Waals surface area contributed by atoms with Gasteiger partial charge in [-0.25, -0.2) is 4.98 Å². The molecule has 0 aliphatic carbocycles. The molecule has 0 aliphatic heterocycles. The van der Waals surface area contributed by atoms with E-state index in [1.165, 1.54) is 0 Å². The van der Waals surface area contributed by atoms with Gasteiger partial charge in [-0.2, -0.15) is 0 Å². The third-order valence-electron chi connectivity index (χ3n) is 3.60. The maximum absolute atomic E-state index is 10.8. The third-order valence-corrected chi connectivity index (χ3v) is 4.10. The number of carbonyl (C=O) groups is 1. The standard InChI is InChI=1S/C18H15BrN2O3/c19-13-4-3-12-7-8-21-17(15(12)10-13)24-14-5-1-11(2-6-14)9-16(20)18(22)23/h1-8,10,16H,9,20H2,(H,22,23)/t16-/m0/s1. The van der Waals surface area contributed by atoms with Gasteiger partial charge in [-0.05, 0) is 47.7 Å². The summed E-state index contributed by atoms with van der Waals surface area (Å²) in [7, 11) is 0. The van der Waals surface area contributed by atoms with Gasteiger partial charge in [0.25, 0.3) is 0 Å². The first-order valence-electron chi connectivity index (χ1n) is 7.32. The zero-order valence-corrected chi connectivity index (χ0v) is 14.2. The Hall–Kier alpha value is -2.44. The maximum Gasteiger partial charge on any atom is 0.320 e. The van der Waals surface area contributed by atoms with E-state index in [1.54, 1.807) is 30.5 Å². The van der Waals surface area contributed by atoms with Gasteiger partial charge in [0.15, 0.2) is 0 Å². The van der Waals surface area contributed by atoms with Crippen molar-refractivity contribution in [2.45, 2.75) is 12.5 Å². The van der Waals surface area contributed by atoms with E-state index in [0.29, 0.717) is 11.6 Å². The van der Waals surface area contributed by atoms with Crippen LogP contribution >= 0.6 is 15.9 Å². The largest absolute Gasteiger partial charge is 0.480 e. The number of halogens is 1. The number of ether oxygens (including phenoxy) is 1. The normalized spacial score (nSPS) is 12.1. The predicted molar refractivity (Wildman–Crippen MR) is 95.3 cm³/mol. The van der Waals surface area contributed by atoms with Crippen LogP contribution in [0.3, 0.4) is 0 Å². The van der Waals surface area contributed by atoms with Gasteiger partial charge in [0, 0.05) is 16.1 Å². The molecule has 0 radical (unpaired) electrons. The number of carboxylic acid groups (broad SMARTS) is 1. The van der Waals surface area contributed by atoms with Crippen molar-refractivity contribution in [3.8, 4) is 11.6 Å². The van der Waals surface area contributed by atoms with E-state index in [4.69, 9.17) is 15.6 Å². The summed E-state index contributed by atoms with van der Waals surface area (Å²) >= 11 is 3.45. The number of benzene rings is 2. The lowest BCUT2D eigenvalue weighted by molar-refractivity contribution is -0.138. The molecule has 0 aliphatic rings. The summed E-state index contributed by atoms with van der Waals surface area (Å²) in [5.74, 6) is 0.132. The van der Waals surface area contributed by atoms with Gasteiger partial charge in [-0.15, -0.1) is 0 Å². The number of fused-ring (bicyclic) bond motifs is 1. The fraction of sp³-hybridized carbons (Fsp3) is 0.111. The summed E-state index contributed by atoms with van der Waals surface area (Å²) in [6.07, 6.45) is 1.97. The van der Waals surface area contributed by atoms with Crippen molar-refractivity contribution in [1.29, 1.82) is 0 Å². The Balaban J connectivity index is 1.82. The van der Waals surface area contributed by atoms with Crippen LogP contribution in [0.1, 0.15) is 5.56 Å². The first kappa shape index (κ1) is 16.4. The summed E-state index contributed by atoms with van der Waals surface area (Å²) in [6, 6.07) is 14.1. The third kappa shape index (κ3) is 3.72. The van der Waals surface area contributed by atoms with E-state index in [1.807, 2.05) is 24.3 Å². The van der Waals surface area contributed by atoms with Crippen molar-refractivity contribution in [3.63, 3.8) is 0 Å². The molecule has 0 bridgehead atoms. The van der Waals surface area contributed by atoms with Crippen LogP contribution in [0.2, 0.25) is 0 Å². The molecule has 0 saturated heterocycles. The quantitative estimate of drug-likeness (QED) is 0.697. The van der Waals surface area contributed by atoms with Crippen molar-refractivity contribution in [3.05, 3.63) is 64.8 Å². The van der Waals surface area contributed by atoms with Gasteiger partial charge in [-0.1, -0.05) is 34.1 Å². The fourth-order valence-electron chi connectivity index (χ4n) is 2.34. The van der Waals surface area contributed by atoms with Gasteiger partial charge in [0.2, 0.25) is 5.88 Å². The van der Waals surface area contributed by atoms with Gasteiger partial charge in [-0.3, -0.25) is 4.79 Å². The van der Waals surface area contributed by atoms with Crippen molar-refractivity contribution < 1.29 is 14.6 Å². The van der Waals surface area contributed by atoms with Gasteiger partial charge >= 0.3 is 5.97 Å². The zero-order chi connectivity index (χ0) is 17.1. The molecule has 3 aromatic rings. The lowest BCUT2D eigenvalue weighted by Gasteiger charge is -2.10. The molecule has 0 spiro atoms. The number of aliphatic carboxylic acids is 1. The van der Waals surface area contributed by atoms with Crippen LogP contribution in [0, 0.1) is 0 Å². The molecule has 0 saturated carbocycles. The fourth-order valence-corrected chi connectivity index (χ4v) is 2.70. The number of rotatable bonds is 5. The van der Waals surface area contributed by atoms with E-state index in [0.717, 1.165) is 20.8 Å². The Morgan fingerprint density at radius 3 is 2.67 bits per heavy atom. The number of aromatic nitrogens is 1. The molecule has 2 aromatic carbocycles. The van der Waals surface area contributed by atoms with Crippen LogP contribution in [-0.4, -0.2) is 22.1 Å². The summed E-state index contributed by atoms with van der Waals surface area (Å²) in [5, 5.41) is 10.8. The summed E-state index contributed by atoms with van der Waals surface area (Å²) in [6.45, 7) is 0. The van der Waals surface area contributed by atoms with Crippen molar-refractivity contribution in [2.75, 3.05) is 0 Å². The average Bonchev–Trinajstić information content (AvgIpc) is 2.57. The minimum Gasteiger partial charge on any atom is -0.480 e. The first-order valence-corrected chi connectivity index (χ1v) is 8.11. The minimum atomic E-state index is -1.01. The number of hydrogen-bond donors (Lipinski definition) is 2. The van der Waals surface area contributed by atoms with Gasteiger partial charge in [0.1, 0.15) is 11.8 Å². The van der Waals surface area contributed by atoms with Crippen LogP contribution in [0.25, 0.3) is 10.8 Å². The lowest BCUT2D eigenvalue weighted by atomic mass is 10.1. The summed E-state index contributed by atoms with van der Waals surface area (Å²) in [5.41, 5.74) is 6.38. The van der Waals surface area contributed by atoms with E-state index < -0.39 is 12.0 Å². The number of hydrogen-bond acceptors (Lipinski definition) is 4. The van der Waals surface area contributed by atoms with Crippen LogP contribution in [0.4, 0.5) is 0 Å². The SMILES string of the molecule is N[C@@H](Cc1ccc(Oc2nccc3ccc(Br)cc23)cc1)C(=O)O. The number of nitrogens with zero attached hydrogens (tertiary/aromatic N) is 1. The Kier molecular flexibility index (Phi) is 4.78. The lowest BCUT2D eigenvalue weighted by Crippen LogP contribution is -2.32. The molecule has 1 atom stereocenters. The van der Waals surface area contributed by atoms with Crippen molar-refractivity contribution in [2.24, 2.45) is 5.73 Å². The Morgan fingerprint density at radius 1 is 1.21 bits per heavy atom. The number of nitrogens with two attached hydrogens (primary N) is 1. The van der Waals surface area contributed by atoms with E-state index >= 15 is 0 Å². The molecule has 5 nitrogen and oxygen atoms in total. The molecule has 3 rings (SSSR count). The smallest absolute Gasteiger partial charge is 0.320 e. The molecular weight excluding hydrogens is 372 g/mol. The molecule has 3 N–H and O–H groups in total. The van der Waals surface area contributed by atoms with E-state index in [-0.39, 0.29) is 6.42 Å². The summed E-state index contributed by atoms with van der Waals surface area (Å²) < 4.78 is 6.82. The predicted octanol–water partition coefficient (Wildman–Crippen LogP) is 3.74. The van der Waals surface area contributed by atoms with E-state index in [2.05, 4.69) is 20.9 Å². The second-order valence-corrected chi connectivity index (χ2v) is 6.29. The molecule has 1 heterocycles. The summed E-state index contributed by atoms with van der Waals surface area (Å²) in [4.78, 5) is 15.1. The van der Waals surface area contributed by atoms with Crippen molar-refractivity contribution >= 4 is 32.7 Å². The minimum absolute atomic E-state index is 0.273. The highest BCUT2D eigenvalue weighted by molar-refractivity contribution is 9.10. The van der Waals surface area contributed by atoms with Crippen LogP contribution in [-0.2, 0) is 11.2 Å².